The van der Waals surface area contributed by atoms with E-state index in [0.29, 0.717) is 0 Å². The van der Waals surface area contributed by atoms with Crippen molar-refractivity contribution < 1.29 is 0 Å². The molecule has 43 heavy (non-hydrogen) atoms. The molecule has 0 aromatic heterocycles. The molecule has 0 rings (SSSR count). The maximum Gasteiger partial charge on any atom is 0.0876 e. The molecule has 0 aliphatic heterocycles. The maximum atomic E-state index is 2.79. The molecule has 0 N–H and O–H groups in total. The van der Waals surface area contributed by atoms with Gasteiger partial charge in [-0.25, -0.2) is 0 Å². The second-order valence-corrected chi connectivity index (χ2v) is 18.9. The van der Waals surface area contributed by atoms with Gasteiger partial charge in [0.1, 0.15) is 0 Å². The fraction of sp³-hybridized carbons (Fsp3) is 0.952. The molecule has 1 unspecified atom stereocenters. The Hall–Kier alpha value is 0.170. The third-order valence-corrected chi connectivity index (χ3v) is 15.7. The second kappa shape index (κ2) is 35.0. The van der Waals surface area contributed by atoms with Gasteiger partial charge in [-0.2, -0.15) is 0 Å². The van der Waals surface area contributed by atoms with E-state index < -0.39 is 7.26 Å². The summed E-state index contributed by atoms with van der Waals surface area (Å²) < 4.78 is 0. The highest BCUT2D eigenvalue weighted by Gasteiger charge is 2.42. The monoisotopic (exact) mass is 622 g/mol. The van der Waals surface area contributed by atoms with Crippen molar-refractivity contribution in [2.24, 2.45) is 0 Å². The maximum absolute atomic E-state index is 2.79. The summed E-state index contributed by atoms with van der Waals surface area (Å²) in [5.41, 5.74) is 0.917. The van der Waals surface area contributed by atoms with Crippen LogP contribution in [-0.2, 0) is 0 Å². The van der Waals surface area contributed by atoms with Gasteiger partial charge in [0.25, 0.3) is 0 Å². The van der Waals surface area contributed by atoms with Crippen LogP contribution < -0.4 is 0 Å². The molecule has 0 aromatic rings. The third kappa shape index (κ3) is 27.0. The second-order valence-electron chi connectivity index (χ2n) is 14.4. The van der Waals surface area contributed by atoms with Gasteiger partial charge in [0.05, 0.1) is 24.1 Å². The Bertz CT molecular complexity index is 529. The first-order valence-electron chi connectivity index (χ1n) is 20.7. The first kappa shape index (κ1) is 43.2. The van der Waals surface area contributed by atoms with Gasteiger partial charge in [-0.05, 0) is 51.0 Å². The van der Waals surface area contributed by atoms with Crippen LogP contribution in [0, 0.1) is 0 Å². The molecule has 0 saturated carbocycles. The Labute approximate surface area is 276 Å². The lowest BCUT2D eigenvalue weighted by Crippen LogP contribution is -2.21. The van der Waals surface area contributed by atoms with E-state index in [0.717, 1.165) is 5.66 Å². The topological polar surface area (TPSA) is 0 Å². The summed E-state index contributed by atoms with van der Waals surface area (Å²) in [6.07, 6.45) is 55.2. The summed E-state index contributed by atoms with van der Waals surface area (Å²) in [5.74, 6) is 0. The largest absolute Gasteiger partial charge is 0.0876 e. The summed E-state index contributed by atoms with van der Waals surface area (Å²) in [6.45, 7) is 11.9. The zero-order valence-electron chi connectivity index (χ0n) is 31.2. The van der Waals surface area contributed by atoms with Crippen molar-refractivity contribution in [3.8, 4) is 0 Å². The van der Waals surface area contributed by atoms with Crippen molar-refractivity contribution in [3.63, 3.8) is 0 Å². The molecule has 1 atom stereocenters. The lowest BCUT2D eigenvalue weighted by atomic mass is 10.0. The van der Waals surface area contributed by atoms with Crippen LogP contribution in [0.4, 0.5) is 0 Å². The number of allylic oxidation sites excluding steroid dienone is 2. The molecule has 0 aliphatic rings. The quantitative estimate of drug-likeness (QED) is 0.0371. The number of hydrogen-bond donors (Lipinski definition) is 0. The van der Waals surface area contributed by atoms with Crippen LogP contribution in [0.25, 0.3) is 0 Å². The minimum atomic E-state index is -0.910. The van der Waals surface area contributed by atoms with E-state index in [4.69, 9.17) is 0 Å². The highest BCUT2D eigenvalue weighted by atomic mass is 31.2. The van der Waals surface area contributed by atoms with Crippen LogP contribution in [-0.4, -0.2) is 24.1 Å². The fourth-order valence-electron chi connectivity index (χ4n) is 7.25. The van der Waals surface area contributed by atoms with Gasteiger partial charge in [0.2, 0.25) is 0 Å². The molecule has 0 nitrogen and oxygen atoms in total. The van der Waals surface area contributed by atoms with Gasteiger partial charge in [-0.15, -0.1) is 0 Å². The average Bonchev–Trinajstić information content (AvgIpc) is 3.02. The van der Waals surface area contributed by atoms with Crippen molar-refractivity contribution in [1.29, 1.82) is 0 Å². The lowest BCUT2D eigenvalue weighted by Gasteiger charge is -2.34. The van der Waals surface area contributed by atoms with E-state index in [9.17, 15) is 0 Å². The van der Waals surface area contributed by atoms with E-state index in [2.05, 4.69) is 46.8 Å². The van der Waals surface area contributed by atoms with E-state index >= 15 is 0 Å². The SMILES string of the molecule is CCCCCCCCCCCCC=CC(CCC)[P+](CCCC)(CCCC)CCCCCCCCCCCCCCCC. The molecule has 0 aromatic carbocycles. The third-order valence-electron chi connectivity index (χ3n) is 10.2. The van der Waals surface area contributed by atoms with Gasteiger partial charge in [-0.3, -0.25) is 0 Å². The van der Waals surface area contributed by atoms with Gasteiger partial charge in [0, 0.05) is 7.26 Å². The molecule has 1 heteroatoms. The normalized spacial score (nSPS) is 13.0. The summed E-state index contributed by atoms with van der Waals surface area (Å²) in [4.78, 5) is 0. The van der Waals surface area contributed by atoms with Crippen LogP contribution in [0.5, 0.6) is 0 Å². The summed E-state index contributed by atoms with van der Waals surface area (Å²) in [5, 5.41) is 0. The molecule has 0 saturated heterocycles. The molecule has 258 valence electrons. The molecule has 0 fully saturated rings. The predicted octanol–water partition coefficient (Wildman–Crippen LogP) is 16.1. The minimum Gasteiger partial charge on any atom is -0.0847 e. The molecule has 0 aliphatic carbocycles. The molecule has 0 radical (unpaired) electrons. The highest BCUT2D eigenvalue weighted by Crippen LogP contribution is 2.66. The first-order valence-corrected chi connectivity index (χ1v) is 23.1. The Morgan fingerprint density at radius 3 is 1.05 bits per heavy atom. The molecule has 0 amide bonds. The summed E-state index contributed by atoms with van der Waals surface area (Å²) in [7, 11) is -0.910. The zero-order valence-corrected chi connectivity index (χ0v) is 32.1. The Morgan fingerprint density at radius 1 is 0.349 bits per heavy atom. The fourth-order valence-corrected chi connectivity index (χ4v) is 13.0. The zero-order chi connectivity index (χ0) is 31.5. The van der Waals surface area contributed by atoms with Gasteiger partial charge >= 0.3 is 0 Å². The summed E-state index contributed by atoms with van der Waals surface area (Å²) >= 11 is 0. The van der Waals surface area contributed by atoms with Crippen LogP contribution in [0.3, 0.4) is 0 Å². The first-order chi connectivity index (χ1) is 21.2. The highest BCUT2D eigenvalue weighted by molar-refractivity contribution is 7.76. The van der Waals surface area contributed by atoms with Crippen LogP contribution in [0.1, 0.15) is 234 Å². The Balaban J connectivity index is 4.54. The van der Waals surface area contributed by atoms with Gasteiger partial charge < -0.3 is 0 Å². The van der Waals surface area contributed by atoms with Gasteiger partial charge in [0.15, 0.2) is 0 Å². The lowest BCUT2D eigenvalue weighted by molar-refractivity contribution is 0.538. The molecule has 0 bridgehead atoms. The van der Waals surface area contributed by atoms with E-state index in [1.807, 2.05) is 0 Å². The van der Waals surface area contributed by atoms with Crippen LogP contribution in [0.15, 0.2) is 12.2 Å². The Morgan fingerprint density at radius 2 is 0.674 bits per heavy atom. The van der Waals surface area contributed by atoms with Crippen LogP contribution in [0.2, 0.25) is 0 Å². The number of rotatable bonds is 36. The molecule has 0 spiro atoms. The molecular formula is C42H86P+. The Kier molecular flexibility index (Phi) is 35.2. The van der Waals surface area contributed by atoms with E-state index in [1.54, 1.807) is 18.5 Å². The standard InChI is InChI=1S/C42H86P/c1-6-11-15-17-19-21-23-25-26-28-30-32-34-36-41-43(39-13-8-3,40-14-9-4)42(37-10-5)38-35-33-31-29-27-24-22-20-18-16-12-7-2/h35,38,42H,6-34,36-37,39-41H2,1-5H3/q+1. The van der Waals surface area contributed by atoms with Crippen molar-refractivity contribution in [1.82, 2.24) is 0 Å². The van der Waals surface area contributed by atoms with Gasteiger partial charge in [-0.1, -0.05) is 195 Å². The number of unbranched alkanes of at least 4 members (excludes halogenated alkanes) is 25. The molecular weight excluding hydrogens is 535 g/mol. The van der Waals surface area contributed by atoms with E-state index in [-0.39, 0.29) is 0 Å². The average molecular weight is 622 g/mol. The smallest absolute Gasteiger partial charge is 0.0847 e. The minimum absolute atomic E-state index is 0.910. The van der Waals surface area contributed by atoms with Crippen molar-refractivity contribution in [2.75, 3.05) is 18.5 Å². The van der Waals surface area contributed by atoms with Crippen molar-refractivity contribution >= 4 is 7.26 Å². The van der Waals surface area contributed by atoms with Crippen molar-refractivity contribution in [3.05, 3.63) is 12.2 Å². The molecule has 0 heterocycles. The van der Waals surface area contributed by atoms with Crippen LogP contribution >= 0.6 is 7.26 Å². The summed E-state index contributed by atoms with van der Waals surface area (Å²) in [6, 6.07) is 0. The van der Waals surface area contributed by atoms with E-state index in [1.165, 1.54) is 199 Å². The predicted molar refractivity (Wildman–Crippen MR) is 206 cm³/mol. The van der Waals surface area contributed by atoms with Crippen molar-refractivity contribution in [2.45, 2.75) is 239 Å². The number of hydrogen-bond acceptors (Lipinski definition) is 0.